The number of hydrogen-bond acceptors (Lipinski definition) is 3. The maximum atomic E-state index is 12.9. The number of anilines is 1. The van der Waals surface area contributed by atoms with E-state index in [9.17, 15) is 8.42 Å². The number of nitrogens with two attached hydrogens (primary N) is 1. The van der Waals surface area contributed by atoms with Crippen molar-refractivity contribution in [2.75, 3.05) is 18.8 Å². The second kappa shape index (κ2) is 9.02. The Bertz CT molecular complexity index is 741. The monoisotopic (exact) mass is 360 g/mol. The number of hydrogen-bond donors (Lipinski definition) is 1. The largest absolute Gasteiger partial charge is 0.399 e. The zero-order chi connectivity index (χ0) is 18.3. The summed E-state index contributed by atoms with van der Waals surface area (Å²) < 4.78 is 27.5. The van der Waals surface area contributed by atoms with Crippen molar-refractivity contribution in [1.29, 1.82) is 0 Å². The van der Waals surface area contributed by atoms with Crippen molar-refractivity contribution in [3.63, 3.8) is 0 Å². The van der Waals surface area contributed by atoms with Gasteiger partial charge in [-0.25, -0.2) is 8.42 Å². The Hall–Kier alpha value is -1.85. The van der Waals surface area contributed by atoms with E-state index in [-0.39, 0.29) is 5.92 Å². The number of aryl methyl sites for hydroxylation is 1. The standard InChI is InChI=1S/C20H28N2O2S/c1-17(2)16-22(15-7-6-10-18-8-4-3-5-9-18)25(23,24)20-13-11-19(21)12-14-20/h3-5,8-9,11-14,17H,6-7,10,15-16,21H2,1-2H3. The van der Waals surface area contributed by atoms with Gasteiger partial charge in [0.15, 0.2) is 0 Å². The van der Waals surface area contributed by atoms with Crippen molar-refractivity contribution >= 4 is 15.7 Å². The predicted molar refractivity (Wildman–Crippen MR) is 104 cm³/mol. The third kappa shape index (κ3) is 5.87. The normalized spacial score (nSPS) is 12.0. The number of unbranched alkanes of at least 4 members (excludes halogenated alkanes) is 1. The third-order valence-electron chi connectivity index (χ3n) is 4.05. The van der Waals surface area contributed by atoms with Crippen molar-refractivity contribution in [1.82, 2.24) is 4.31 Å². The Morgan fingerprint density at radius 2 is 1.60 bits per heavy atom. The molecule has 5 heteroatoms. The van der Waals surface area contributed by atoms with Crippen molar-refractivity contribution < 1.29 is 8.42 Å². The lowest BCUT2D eigenvalue weighted by Gasteiger charge is -2.24. The molecule has 0 fully saturated rings. The molecule has 0 saturated heterocycles. The van der Waals surface area contributed by atoms with Crippen LogP contribution in [0.1, 0.15) is 32.3 Å². The van der Waals surface area contributed by atoms with E-state index in [1.807, 2.05) is 32.0 Å². The first-order valence-corrected chi connectivity index (χ1v) is 10.2. The highest BCUT2D eigenvalue weighted by atomic mass is 32.2. The van der Waals surface area contributed by atoms with Crippen LogP contribution in [0.4, 0.5) is 5.69 Å². The van der Waals surface area contributed by atoms with Gasteiger partial charge in [0.25, 0.3) is 0 Å². The van der Waals surface area contributed by atoms with E-state index in [1.54, 1.807) is 28.6 Å². The zero-order valence-corrected chi connectivity index (χ0v) is 15.9. The molecule has 2 rings (SSSR count). The molecule has 0 spiro atoms. The molecule has 0 bridgehead atoms. The van der Waals surface area contributed by atoms with Crippen LogP contribution in [-0.4, -0.2) is 25.8 Å². The van der Waals surface area contributed by atoms with E-state index >= 15 is 0 Å². The minimum absolute atomic E-state index is 0.276. The molecule has 2 aromatic rings. The SMILES string of the molecule is CC(C)CN(CCCCc1ccccc1)S(=O)(=O)c1ccc(N)cc1. The molecule has 0 saturated carbocycles. The average Bonchev–Trinajstić information content (AvgIpc) is 2.58. The van der Waals surface area contributed by atoms with E-state index in [2.05, 4.69) is 12.1 Å². The topological polar surface area (TPSA) is 63.4 Å². The first-order valence-electron chi connectivity index (χ1n) is 8.79. The van der Waals surface area contributed by atoms with Gasteiger partial charge in [0.2, 0.25) is 10.0 Å². The first kappa shape index (κ1) is 19.5. The highest BCUT2D eigenvalue weighted by Gasteiger charge is 2.24. The highest BCUT2D eigenvalue weighted by Crippen LogP contribution is 2.19. The van der Waals surface area contributed by atoms with Crippen molar-refractivity contribution in [2.45, 2.75) is 38.0 Å². The molecule has 0 radical (unpaired) electrons. The van der Waals surface area contributed by atoms with Gasteiger partial charge >= 0.3 is 0 Å². The number of rotatable bonds is 9. The van der Waals surface area contributed by atoms with Gasteiger partial charge in [0.1, 0.15) is 0 Å². The summed E-state index contributed by atoms with van der Waals surface area (Å²) >= 11 is 0. The summed E-state index contributed by atoms with van der Waals surface area (Å²) in [7, 11) is -3.48. The Morgan fingerprint density at radius 1 is 0.960 bits per heavy atom. The van der Waals surface area contributed by atoms with Crippen molar-refractivity contribution in [2.24, 2.45) is 5.92 Å². The lowest BCUT2D eigenvalue weighted by molar-refractivity contribution is 0.359. The zero-order valence-electron chi connectivity index (χ0n) is 15.1. The van der Waals surface area contributed by atoms with E-state index in [1.165, 1.54) is 5.56 Å². The molecule has 2 N–H and O–H groups in total. The number of nitrogens with zero attached hydrogens (tertiary/aromatic N) is 1. The van der Waals surface area contributed by atoms with Gasteiger partial charge in [0, 0.05) is 18.8 Å². The summed E-state index contributed by atoms with van der Waals surface area (Å²) in [4.78, 5) is 0.311. The molecule has 0 atom stereocenters. The van der Waals surface area contributed by atoms with E-state index in [0.717, 1.165) is 19.3 Å². The molecule has 25 heavy (non-hydrogen) atoms. The van der Waals surface area contributed by atoms with Crippen LogP contribution in [0.2, 0.25) is 0 Å². The van der Waals surface area contributed by atoms with Crippen LogP contribution in [0.3, 0.4) is 0 Å². The molecule has 0 unspecified atom stereocenters. The van der Waals surface area contributed by atoms with Gasteiger partial charge in [-0.15, -0.1) is 0 Å². The Labute approximate surface area is 151 Å². The summed E-state index contributed by atoms with van der Waals surface area (Å²) in [5, 5.41) is 0. The molecule has 0 aliphatic heterocycles. The first-order chi connectivity index (χ1) is 11.9. The minimum Gasteiger partial charge on any atom is -0.399 e. The quantitative estimate of drug-likeness (QED) is 0.544. The summed E-state index contributed by atoms with van der Waals surface area (Å²) in [6, 6.07) is 16.7. The van der Waals surface area contributed by atoms with Gasteiger partial charge in [-0.1, -0.05) is 44.2 Å². The maximum absolute atomic E-state index is 12.9. The fourth-order valence-electron chi connectivity index (χ4n) is 2.77. The Balaban J connectivity index is 2.01. The number of benzene rings is 2. The summed E-state index contributed by atoms with van der Waals surface area (Å²) in [6.07, 6.45) is 2.78. The molecule has 4 nitrogen and oxygen atoms in total. The van der Waals surface area contributed by atoms with Gasteiger partial charge in [-0.05, 0) is 55.0 Å². The smallest absolute Gasteiger partial charge is 0.243 e. The molecule has 2 aromatic carbocycles. The van der Waals surface area contributed by atoms with Crippen LogP contribution in [0, 0.1) is 5.92 Å². The third-order valence-corrected chi connectivity index (χ3v) is 5.93. The van der Waals surface area contributed by atoms with Crippen LogP contribution in [0.15, 0.2) is 59.5 Å². The fraction of sp³-hybridized carbons (Fsp3) is 0.400. The van der Waals surface area contributed by atoms with Crippen LogP contribution in [-0.2, 0) is 16.4 Å². The number of sulfonamides is 1. The van der Waals surface area contributed by atoms with Gasteiger partial charge in [-0.2, -0.15) is 4.31 Å². The maximum Gasteiger partial charge on any atom is 0.243 e. The molecule has 0 aliphatic rings. The van der Waals surface area contributed by atoms with Crippen LogP contribution >= 0.6 is 0 Å². The van der Waals surface area contributed by atoms with Gasteiger partial charge < -0.3 is 5.73 Å². The van der Waals surface area contributed by atoms with E-state index in [4.69, 9.17) is 5.73 Å². The summed E-state index contributed by atoms with van der Waals surface area (Å²) in [6.45, 7) is 5.14. The molecular weight excluding hydrogens is 332 g/mol. The molecule has 0 heterocycles. The minimum atomic E-state index is -3.48. The van der Waals surface area contributed by atoms with Crippen LogP contribution in [0.5, 0.6) is 0 Å². The number of nitrogen functional groups attached to an aromatic ring is 1. The van der Waals surface area contributed by atoms with E-state index < -0.39 is 10.0 Å². The van der Waals surface area contributed by atoms with Gasteiger partial charge in [0.05, 0.1) is 4.90 Å². The summed E-state index contributed by atoms with van der Waals surface area (Å²) in [5.41, 5.74) is 7.53. The lowest BCUT2D eigenvalue weighted by Crippen LogP contribution is -2.35. The predicted octanol–water partition coefficient (Wildman–Crippen LogP) is 3.94. The van der Waals surface area contributed by atoms with Crippen molar-refractivity contribution in [3.8, 4) is 0 Å². The fourth-order valence-corrected chi connectivity index (χ4v) is 4.41. The van der Waals surface area contributed by atoms with Crippen LogP contribution < -0.4 is 5.73 Å². The Kier molecular flexibility index (Phi) is 7.02. The summed E-state index contributed by atoms with van der Waals surface area (Å²) in [5.74, 6) is 0.276. The van der Waals surface area contributed by atoms with Gasteiger partial charge in [-0.3, -0.25) is 0 Å². The molecule has 0 aromatic heterocycles. The molecule has 0 amide bonds. The molecular formula is C20H28N2O2S. The lowest BCUT2D eigenvalue weighted by atomic mass is 10.1. The molecule has 0 aliphatic carbocycles. The average molecular weight is 361 g/mol. The highest BCUT2D eigenvalue weighted by molar-refractivity contribution is 7.89. The van der Waals surface area contributed by atoms with E-state index in [0.29, 0.717) is 23.7 Å². The second-order valence-corrected chi connectivity index (χ2v) is 8.71. The van der Waals surface area contributed by atoms with Crippen molar-refractivity contribution in [3.05, 3.63) is 60.2 Å². The Morgan fingerprint density at radius 3 is 2.20 bits per heavy atom. The molecule has 136 valence electrons. The van der Waals surface area contributed by atoms with Crippen LogP contribution in [0.25, 0.3) is 0 Å². The second-order valence-electron chi connectivity index (χ2n) is 6.77.